The second-order valence-corrected chi connectivity index (χ2v) is 20.2. The molecule has 2 bridgehead atoms. The number of aliphatic hydroxyl groups is 7. The van der Waals surface area contributed by atoms with Gasteiger partial charge < -0.3 is 50.1 Å². The summed E-state index contributed by atoms with van der Waals surface area (Å²) >= 11 is 0. The number of aliphatic hydroxyl groups excluding tert-OH is 7. The number of phosphoric acid groups is 1. The van der Waals surface area contributed by atoms with Crippen LogP contribution in [-0.4, -0.2) is 127 Å². The fraction of sp³-hybridized carbons (Fsp3) is 0.788. The first-order chi connectivity index (χ1) is 33.1. The van der Waals surface area contributed by atoms with Gasteiger partial charge in [-0.15, -0.1) is 0 Å². The van der Waals surface area contributed by atoms with Gasteiger partial charge in [-0.25, -0.2) is 4.57 Å². The summed E-state index contributed by atoms with van der Waals surface area (Å²) in [5, 5.41) is 78.6. The lowest BCUT2D eigenvalue weighted by molar-refractivity contribution is -0.167. The van der Waals surface area contributed by atoms with E-state index in [1.807, 2.05) is 6.92 Å². The van der Waals surface area contributed by atoms with Crippen LogP contribution in [0.3, 0.4) is 0 Å². The highest BCUT2D eigenvalue weighted by atomic mass is 31.2. The predicted octanol–water partition coefficient (Wildman–Crippen LogP) is 7.71. The Kier molecular flexibility index (Phi) is 33.7. The van der Waals surface area contributed by atoms with Gasteiger partial charge in [-0.1, -0.05) is 146 Å². The first-order valence-electron chi connectivity index (χ1n) is 26.0. The number of unbranched alkanes of at least 4 members (excludes halogenated alkanes) is 12. The van der Waals surface area contributed by atoms with Crippen LogP contribution in [0, 0.1) is 11.8 Å². The molecule has 0 aromatic heterocycles. The molecule has 0 radical (unpaired) electrons. The molecule has 0 amide bonds. The van der Waals surface area contributed by atoms with Crippen molar-refractivity contribution in [2.24, 2.45) is 11.8 Å². The van der Waals surface area contributed by atoms with Gasteiger partial charge >= 0.3 is 19.8 Å². The van der Waals surface area contributed by atoms with Crippen molar-refractivity contribution in [1.29, 1.82) is 0 Å². The molecule has 0 spiro atoms. The molecule has 1 saturated heterocycles. The van der Waals surface area contributed by atoms with E-state index < -0.39 is 112 Å². The third kappa shape index (κ3) is 27.1. The van der Waals surface area contributed by atoms with E-state index in [0.29, 0.717) is 44.9 Å². The van der Waals surface area contributed by atoms with Gasteiger partial charge in [0.2, 0.25) is 0 Å². The molecule has 2 aliphatic rings. The van der Waals surface area contributed by atoms with E-state index in [4.69, 9.17) is 18.5 Å². The molecule has 1 aliphatic heterocycles. The first-order valence-corrected chi connectivity index (χ1v) is 27.5. The van der Waals surface area contributed by atoms with E-state index in [0.717, 1.165) is 76.7 Å². The number of phosphoric ester groups is 1. The maximum atomic E-state index is 13.7. The van der Waals surface area contributed by atoms with E-state index in [2.05, 4.69) is 43.4 Å². The molecule has 17 heteroatoms. The number of rotatable bonds is 26. The number of allylic oxidation sites excluding steroid dienone is 6. The summed E-state index contributed by atoms with van der Waals surface area (Å²) in [6.07, 6.45) is 16.6. The van der Waals surface area contributed by atoms with Crippen LogP contribution >= 0.6 is 7.82 Å². The van der Waals surface area contributed by atoms with Gasteiger partial charge in [-0.3, -0.25) is 23.4 Å². The molecule has 16 nitrogen and oxygen atoms in total. The van der Waals surface area contributed by atoms with Gasteiger partial charge in [0, 0.05) is 25.2 Å². The number of Topliss-reactive ketones (excluding diaryl/α,β-unsaturated/α-hetero) is 1. The van der Waals surface area contributed by atoms with Crippen LogP contribution in [0.2, 0.25) is 0 Å². The van der Waals surface area contributed by atoms with Crippen LogP contribution in [0.4, 0.5) is 0 Å². The molecule has 8 N–H and O–H groups in total. The number of fused-ring (bicyclic) bond motifs is 4. The Morgan fingerprint density at radius 3 is 1.97 bits per heavy atom. The maximum absolute atomic E-state index is 13.7. The molecule has 2 rings (SSSR count). The van der Waals surface area contributed by atoms with E-state index in [-0.39, 0.29) is 19.3 Å². The number of cyclic esters (lactones) is 1. The van der Waals surface area contributed by atoms with Gasteiger partial charge in [0.15, 0.2) is 6.10 Å². The Balaban J connectivity index is 2.02. The number of carbonyl (C=O) groups is 3. The lowest BCUT2D eigenvalue weighted by atomic mass is 9.82. The SMILES string of the molecule is CCCCCC/C=C\C/C=C\C/C=C\CCCCCCCCC(=O)OC[C@@H]1COP(=O)(O)O[C@H]2[C@H](O)[C@@H](O)[C@H](O)[C@@H](CCCCCCC(=O)O1)[C@@H](O)CC(=O)[C@H](/C=C/[C@@H](O)CCCCC)[C@@H](O)[C@H]2O. The molecule has 0 aromatic carbocycles. The summed E-state index contributed by atoms with van der Waals surface area (Å²) in [7, 11) is -5.46. The van der Waals surface area contributed by atoms with E-state index in [1.165, 1.54) is 31.8 Å². The highest BCUT2D eigenvalue weighted by Gasteiger charge is 2.49. The average Bonchev–Trinajstić information content (AvgIpc) is 3.32. The first kappa shape index (κ1) is 62.5. The highest BCUT2D eigenvalue weighted by Crippen LogP contribution is 2.47. The second-order valence-electron chi connectivity index (χ2n) is 18.8. The standard InChI is InChI=1S/C52H89O16P/c1-3-5-7-8-9-10-11-12-13-14-15-16-17-18-19-20-21-22-23-28-32-45(56)65-37-40-38-66-69(63,64)68-52-50(61)48(59)42(35-34-39(53)30-26-6-4-2)44(55)36-43(54)41(47(58)49(60)51(52)62)31-27-24-25-29-33-46(57)67-40/h10-11,13-14,16-17,34-35,39-43,47-54,58-62H,3-9,12,15,18-33,36-38H2,1-2H3,(H,63,64)/b11-10-,14-13-,17-16-,35-34+/t39-,40+,41-,42-,43-,47+,48+,49-,50+,51+,52+/m0/s1. The zero-order valence-electron chi connectivity index (χ0n) is 41.6. The van der Waals surface area contributed by atoms with Crippen LogP contribution in [0.15, 0.2) is 48.6 Å². The summed E-state index contributed by atoms with van der Waals surface area (Å²) in [6, 6.07) is 0. The Hall–Kier alpha value is -2.60. The number of hydrogen-bond acceptors (Lipinski definition) is 15. The summed E-state index contributed by atoms with van der Waals surface area (Å²) in [4.78, 5) is 50.2. The van der Waals surface area contributed by atoms with Crippen molar-refractivity contribution >= 4 is 25.5 Å². The monoisotopic (exact) mass is 1000 g/mol. The average molecular weight is 1000 g/mol. The van der Waals surface area contributed by atoms with Crippen LogP contribution in [-0.2, 0) is 37.5 Å². The summed E-state index contributed by atoms with van der Waals surface area (Å²) in [6.45, 7) is 2.81. The third-order valence-corrected chi connectivity index (χ3v) is 13.8. The quantitative estimate of drug-likeness (QED) is 0.0178. The molecule has 69 heavy (non-hydrogen) atoms. The second kappa shape index (κ2) is 37.2. The van der Waals surface area contributed by atoms with Gasteiger partial charge in [0.1, 0.15) is 36.8 Å². The van der Waals surface area contributed by atoms with Crippen LogP contribution in [0.1, 0.15) is 181 Å². The van der Waals surface area contributed by atoms with Crippen molar-refractivity contribution in [3.63, 3.8) is 0 Å². The molecule has 398 valence electrons. The van der Waals surface area contributed by atoms with Crippen molar-refractivity contribution in [1.82, 2.24) is 0 Å². The predicted molar refractivity (Wildman–Crippen MR) is 263 cm³/mol. The number of ether oxygens (including phenoxy) is 2. The van der Waals surface area contributed by atoms with Crippen molar-refractivity contribution in [3.8, 4) is 0 Å². The maximum Gasteiger partial charge on any atom is 0.472 e. The van der Waals surface area contributed by atoms with Crippen molar-refractivity contribution in [2.75, 3.05) is 13.2 Å². The highest BCUT2D eigenvalue weighted by molar-refractivity contribution is 7.47. The van der Waals surface area contributed by atoms with Gasteiger partial charge in [-0.05, 0) is 64.2 Å². The Bertz CT molecular complexity index is 1570. The zero-order chi connectivity index (χ0) is 50.9. The lowest BCUT2D eigenvalue weighted by Gasteiger charge is -2.37. The minimum absolute atomic E-state index is 0.0283. The third-order valence-electron chi connectivity index (χ3n) is 12.8. The molecule has 2 fully saturated rings. The van der Waals surface area contributed by atoms with Crippen LogP contribution in [0.25, 0.3) is 0 Å². The molecule has 0 aromatic rings. The largest absolute Gasteiger partial charge is 0.472 e. The molecular weight excluding hydrogens is 912 g/mol. The molecule has 1 saturated carbocycles. The molecule has 1 unspecified atom stereocenters. The number of hydrogen-bond donors (Lipinski definition) is 8. The Morgan fingerprint density at radius 2 is 1.30 bits per heavy atom. The molecular formula is C52H89O16P. The fourth-order valence-electron chi connectivity index (χ4n) is 8.52. The van der Waals surface area contributed by atoms with Crippen LogP contribution < -0.4 is 0 Å². The number of esters is 2. The minimum atomic E-state index is -5.46. The van der Waals surface area contributed by atoms with Crippen molar-refractivity contribution in [2.45, 2.75) is 236 Å². The van der Waals surface area contributed by atoms with E-state index in [9.17, 15) is 59.6 Å². The number of ketones is 1. The Labute approximate surface area is 411 Å². The summed E-state index contributed by atoms with van der Waals surface area (Å²) in [5.74, 6) is -4.98. The van der Waals surface area contributed by atoms with Crippen molar-refractivity contribution in [3.05, 3.63) is 48.6 Å². The molecule has 1 heterocycles. The number of carbonyl (C=O) groups excluding carboxylic acids is 3. The normalized spacial score (nSPS) is 30.2. The van der Waals surface area contributed by atoms with Gasteiger partial charge in [0.05, 0.1) is 36.9 Å². The summed E-state index contributed by atoms with van der Waals surface area (Å²) < 4.78 is 34.7. The molecule has 1 aliphatic carbocycles. The van der Waals surface area contributed by atoms with E-state index in [1.54, 1.807) is 0 Å². The fourth-order valence-corrected chi connectivity index (χ4v) is 9.49. The van der Waals surface area contributed by atoms with E-state index >= 15 is 0 Å². The molecule has 12 atom stereocenters. The summed E-state index contributed by atoms with van der Waals surface area (Å²) in [5.41, 5.74) is 0. The topological polar surface area (TPSA) is 267 Å². The Morgan fingerprint density at radius 1 is 0.725 bits per heavy atom. The minimum Gasteiger partial charge on any atom is -0.462 e. The van der Waals surface area contributed by atoms with Crippen LogP contribution in [0.5, 0.6) is 0 Å². The van der Waals surface area contributed by atoms with Crippen molar-refractivity contribution < 1.29 is 78.1 Å². The zero-order valence-corrected chi connectivity index (χ0v) is 42.5. The lowest BCUT2D eigenvalue weighted by Crippen LogP contribution is -2.55. The van der Waals surface area contributed by atoms with Gasteiger partial charge in [-0.2, -0.15) is 0 Å². The van der Waals surface area contributed by atoms with Gasteiger partial charge in [0.25, 0.3) is 0 Å². The smallest absolute Gasteiger partial charge is 0.462 e.